The Labute approximate surface area is 141 Å². The van der Waals surface area contributed by atoms with Crippen LogP contribution in [0.25, 0.3) is 0 Å². The largest absolute Gasteiger partial charge is 0.485 e. The van der Waals surface area contributed by atoms with E-state index in [0.29, 0.717) is 13.1 Å². The summed E-state index contributed by atoms with van der Waals surface area (Å²) in [6.45, 7) is 3.24. The van der Waals surface area contributed by atoms with Gasteiger partial charge in [-0.2, -0.15) is 0 Å². The molecule has 0 unspecified atom stereocenters. The molecule has 1 rings (SSSR count). The van der Waals surface area contributed by atoms with Crippen molar-refractivity contribution >= 4 is 30.7 Å². The van der Waals surface area contributed by atoms with Gasteiger partial charge in [0.05, 0.1) is 0 Å². The third-order valence-corrected chi connectivity index (χ3v) is 2.36. The Morgan fingerprint density at radius 1 is 1.32 bits per heavy atom. The van der Waals surface area contributed by atoms with Crippen molar-refractivity contribution in [2.45, 2.75) is 19.8 Å². The molecular formula is C13H21Cl2F2N3O2. The van der Waals surface area contributed by atoms with Crippen molar-refractivity contribution in [2.75, 3.05) is 26.2 Å². The summed E-state index contributed by atoms with van der Waals surface area (Å²) >= 11 is 0. The van der Waals surface area contributed by atoms with E-state index in [1.165, 1.54) is 18.3 Å². The molecule has 22 heavy (non-hydrogen) atoms. The molecule has 1 aromatic rings. The summed E-state index contributed by atoms with van der Waals surface area (Å²) in [5, 5.41) is 5.79. The highest BCUT2D eigenvalue weighted by Crippen LogP contribution is 2.15. The van der Waals surface area contributed by atoms with E-state index in [-0.39, 0.29) is 36.3 Å². The molecule has 0 saturated heterocycles. The van der Waals surface area contributed by atoms with Crippen LogP contribution in [0, 0.1) is 0 Å². The maximum Gasteiger partial charge on any atom is 0.273 e. The number of carbonyl (C=O) groups is 1. The molecule has 1 aromatic heterocycles. The topological polar surface area (TPSA) is 63.2 Å². The Kier molecular flexibility index (Phi) is 14.1. The molecule has 0 atom stereocenters. The van der Waals surface area contributed by atoms with Crippen molar-refractivity contribution in [2.24, 2.45) is 0 Å². The van der Waals surface area contributed by atoms with Gasteiger partial charge in [-0.1, -0.05) is 6.92 Å². The second-order valence-corrected chi connectivity index (χ2v) is 4.06. The van der Waals surface area contributed by atoms with Gasteiger partial charge in [0.15, 0.2) is 11.4 Å². The second kappa shape index (κ2) is 13.5. The van der Waals surface area contributed by atoms with Gasteiger partial charge in [-0.15, -0.1) is 24.8 Å². The van der Waals surface area contributed by atoms with Crippen LogP contribution in [0.5, 0.6) is 5.75 Å². The zero-order valence-electron chi connectivity index (χ0n) is 12.2. The molecule has 5 nitrogen and oxygen atoms in total. The number of alkyl halides is 2. The summed E-state index contributed by atoms with van der Waals surface area (Å²) in [7, 11) is 0. The van der Waals surface area contributed by atoms with Crippen molar-refractivity contribution in [1.29, 1.82) is 0 Å². The van der Waals surface area contributed by atoms with Crippen LogP contribution in [0.1, 0.15) is 23.8 Å². The number of ether oxygens (including phenoxy) is 1. The highest BCUT2D eigenvalue weighted by molar-refractivity contribution is 5.94. The van der Waals surface area contributed by atoms with Crippen LogP contribution in [0.2, 0.25) is 0 Å². The van der Waals surface area contributed by atoms with E-state index in [9.17, 15) is 13.6 Å². The molecule has 0 saturated carbocycles. The van der Waals surface area contributed by atoms with Gasteiger partial charge >= 0.3 is 0 Å². The number of amides is 1. The van der Waals surface area contributed by atoms with Gasteiger partial charge in [-0.25, -0.2) is 13.8 Å². The molecule has 2 N–H and O–H groups in total. The Hall–Kier alpha value is -1.18. The van der Waals surface area contributed by atoms with Crippen LogP contribution < -0.4 is 15.4 Å². The predicted octanol–water partition coefficient (Wildman–Crippen LogP) is 2.30. The van der Waals surface area contributed by atoms with Crippen molar-refractivity contribution in [3.05, 3.63) is 24.0 Å². The van der Waals surface area contributed by atoms with Crippen LogP contribution in [-0.4, -0.2) is 43.6 Å². The van der Waals surface area contributed by atoms with Gasteiger partial charge in [-0.05, 0) is 25.1 Å². The summed E-state index contributed by atoms with van der Waals surface area (Å²) in [5.41, 5.74) is 0.0173. The predicted molar refractivity (Wildman–Crippen MR) is 85.7 cm³/mol. The Morgan fingerprint density at radius 2 is 2.05 bits per heavy atom. The molecule has 0 aromatic carbocycles. The number of aromatic nitrogens is 1. The lowest BCUT2D eigenvalue weighted by molar-refractivity contribution is 0.0791. The number of rotatable bonds is 9. The fourth-order valence-corrected chi connectivity index (χ4v) is 1.48. The quantitative estimate of drug-likeness (QED) is 0.664. The normalized spacial score (nSPS) is 9.64. The van der Waals surface area contributed by atoms with E-state index in [0.717, 1.165) is 13.0 Å². The zero-order valence-corrected chi connectivity index (χ0v) is 13.8. The molecular weight excluding hydrogens is 339 g/mol. The minimum absolute atomic E-state index is 0. The molecule has 0 spiro atoms. The van der Waals surface area contributed by atoms with E-state index >= 15 is 0 Å². The van der Waals surface area contributed by atoms with E-state index in [1.54, 1.807) is 0 Å². The van der Waals surface area contributed by atoms with Gasteiger partial charge < -0.3 is 15.4 Å². The molecule has 0 aliphatic rings. The SMILES string of the molecule is CCCNCCNC(=O)c1ncccc1OCC(F)F.Cl.Cl. The summed E-state index contributed by atoms with van der Waals surface area (Å²) in [4.78, 5) is 15.7. The van der Waals surface area contributed by atoms with Gasteiger partial charge in [0.25, 0.3) is 12.3 Å². The number of hydrogen-bond acceptors (Lipinski definition) is 4. The lowest BCUT2D eigenvalue weighted by atomic mass is 10.3. The van der Waals surface area contributed by atoms with Crippen LogP contribution in [-0.2, 0) is 0 Å². The minimum Gasteiger partial charge on any atom is -0.485 e. The zero-order chi connectivity index (χ0) is 14.8. The first-order chi connectivity index (χ1) is 9.65. The van der Waals surface area contributed by atoms with E-state index < -0.39 is 18.9 Å². The van der Waals surface area contributed by atoms with E-state index in [4.69, 9.17) is 4.74 Å². The van der Waals surface area contributed by atoms with Crippen LogP contribution in [0.4, 0.5) is 8.78 Å². The molecule has 128 valence electrons. The lowest BCUT2D eigenvalue weighted by Gasteiger charge is -2.10. The molecule has 0 fully saturated rings. The number of carbonyl (C=O) groups excluding carboxylic acids is 1. The Morgan fingerprint density at radius 3 is 2.68 bits per heavy atom. The monoisotopic (exact) mass is 359 g/mol. The number of pyridine rings is 1. The smallest absolute Gasteiger partial charge is 0.273 e. The number of nitrogens with one attached hydrogen (secondary N) is 2. The van der Waals surface area contributed by atoms with Crippen LogP contribution in [0.3, 0.4) is 0 Å². The maximum absolute atomic E-state index is 12.1. The number of nitrogens with zero attached hydrogens (tertiary/aromatic N) is 1. The maximum atomic E-state index is 12.1. The summed E-state index contributed by atoms with van der Waals surface area (Å²) in [5.74, 6) is -0.375. The van der Waals surface area contributed by atoms with Crippen LogP contribution >= 0.6 is 24.8 Å². The van der Waals surface area contributed by atoms with Crippen molar-refractivity contribution in [1.82, 2.24) is 15.6 Å². The van der Waals surface area contributed by atoms with E-state index in [2.05, 4.69) is 15.6 Å². The van der Waals surface area contributed by atoms with Gasteiger partial charge in [0.1, 0.15) is 6.61 Å². The van der Waals surface area contributed by atoms with E-state index in [1.807, 2.05) is 6.92 Å². The Bertz CT molecular complexity index is 426. The Balaban J connectivity index is 0. The second-order valence-electron chi connectivity index (χ2n) is 4.06. The molecule has 0 aliphatic heterocycles. The van der Waals surface area contributed by atoms with Crippen molar-refractivity contribution in [3.63, 3.8) is 0 Å². The standard InChI is InChI=1S/C13H19F2N3O2.2ClH/c1-2-5-16-7-8-18-13(19)12-10(4-3-6-17-12)20-9-11(14)15;;/h3-4,6,11,16H,2,5,7-9H2,1H3,(H,18,19);2*1H. The average molecular weight is 360 g/mol. The highest BCUT2D eigenvalue weighted by atomic mass is 35.5. The van der Waals surface area contributed by atoms with Gasteiger partial charge in [0, 0.05) is 19.3 Å². The van der Waals surface area contributed by atoms with Gasteiger partial charge in [0.2, 0.25) is 0 Å². The molecule has 0 radical (unpaired) electrons. The molecule has 1 heterocycles. The number of hydrogen-bond donors (Lipinski definition) is 2. The molecule has 0 bridgehead atoms. The first-order valence-corrected chi connectivity index (χ1v) is 6.50. The fourth-order valence-electron chi connectivity index (χ4n) is 1.48. The molecule has 0 aliphatic carbocycles. The van der Waals surface area contributed by atoms with Crippen molar-refractivity contribution in [3.8, 4) is 5.75 Å². The van der Waals surface area contributed by atoms with Crippen LogP contribution in [0.15, 0.2) is 18.3 Å². The third kappa shape index (κ3) is 8.96. The van der Waals surface area contributed by atoms with Crippen molar-refractivity contribution < 1.29 is 18.3 Å². The highest BCUT2D eigenvalue weighted by Gasteiger charge is 2.14. The lowest BCUT2D eigenvalue weighted by Crippen LogP contribution is -2.32. The van der Waals surface area contributed by atoms with Gasteiger partial charge in [-0.3, -0.25) is 4.79 Å². The minimum atomic E-state index is -2.59. The summed E-state index contributed by atoms with van der Waals surface area (Å²) in [6, 6.07) is 2.97. The third-order valence-electron chi connectivity index (χ3n) is 2.36. The average Bonchev–Trinajstić information content (AvgIpc) is 2.45. The summed E-state index contributed by atoms with van der Waals surface area (Å²) < 4.78 is 29.1. The summed E-state index contributed by atoms with van der Waals surface area (Å²) in [6.07, 6.45) is -0.163. The first-order valence-electron chi connectivity index (χ1n) is 6.50. The molecule has 9 heteroatoms. The number of halogens is 4. The molecule has 1 amide bonds. The fraction of sp³-hybridized carbons (Fsp3) is 0.538. The first kappa shape index (κ1) is 23.1.